The van der Waals surface area contributed by atoms with Crippen LogP contribution in [0.4, 0.5) is 0 Å². The lowest BCUT2D eigenvalue weighted by atomic mass is 9.76. The Morgan fingerprint density at radius 2 is 2.29 bits per heavy atom. The summed E-state index contributed by atoms with van der Waals surface area (Å²) in [5.74, 6) is 0.0691. The number of carbonyl (C=O) groups excluding carboxylic acids is 1. The van der Waals surface area contributed by atoms with Gasteiger partial charge in [-0.2, -0.15) is 0 Å². The molecule has 0 unspecified atom stereocenters. The summed E-state index contributed by atoms with van der Waals surface area (Å²) in [5.41, 5.74) is 6.43. The Bertz CT molecular complexity index is 387. The topological polar surface area (TPSA) is 59.2 Å². The standard InChI is InChI=1S/C13H19N3O/c1-16(12(17)13(14)7-4-8-13)10-6-11-5-2-3-9-15-11/h2-3,5,9H,4,6-8,10,14H2,1H3. The molecule has 1 saturated carbocycles. The minimum absolute atomic E-state index is 0.0691. The van der Waals surface area contributed by atoms with Crippen molar-refractivity contribution in [3.63, 3.8) is 0 Å². The molecule has 4 heteroatoms. The molecular formula is C13H19N3O. The van der Waals surface area contributed by atoms with Crippen LogP contribution in [-0.4, -0.2) is 34.9 Å². The van der Waals surface area contributed by atoms with E-state index in [1.54, 1.807) is 11.1 Å². The number of aromatic nitrogens is 1. The van der Waals surface area contributed by atoms with E-state index in [-0.39, 0.29) is 5.91 Å². The Labute approximate surface area is 102 Å². The summed E-state index contributed by atoms with van der Waals surface area (Å²) >= 11 is 0. The number of rotatable bonds is 4. The first-order chi connectivity index (χ1) is 8.12. The maximum Gasteiger partial charge on any atom is 0.242 e. The minimum Gasteiger partial charge on any atom is -0.344 e. The summed E-state index contributed by atoms with van der Waals surface area (Å²) in [6.07, 6.45) is 5.25. The van der Waals surface area contributed by atoms with E-state index in [4.69, 9.17) is 5.73 Å². The first-order valence-electron chi connectivity index (χ1n) is 6.06. The molecule has 0 bridgehead atoms. The van der Waals surface area contributed by atoms with Crippen molar-refractivity contribution >= 4 is 5.91 Å². The second-order valence-electron chi connectivity index (χ2n) is 4.81. The number of amides is 1. The number of pyridine rings is 1. The van der Waals surface area contributed by atoms with Gasteiger partial charge in [0.25, 0.3) is 0 Å². The van der Waals surface area contributed by atoms with Crippen molar-refractivity contribution in [2.24, 2.45) is 5.73 Å². The quantitative estimate of drug-likeness (QED) is 0.842. The maximum absolute atomic E-state index is 12.0. The lowest BCUT2D eigenvalue weighted by Crippen LogP contribution is -2.59. The summed E-state index contributed by atoms with van der Waals surface area (Å²) in [6, 6.07) is 5.82. The lowest BCUT2D eigenvalue weighted by Gasteiger charge is -2.39. The second-order valence-corrected chi connectivity index (χ2v) is 4.81. The smallest absolute Gasteiger partial charge is 0.242 e. The van der Waals surface area contributed by atoms with E-state index in [2.05, 4.69) is 4.98 Å². The van der Waals surface area contributed by atoms with Crippen LogP contribution < -0.4 is 5.73 Å². The highest BCUT2D eigenvalue weighted by atomic mass is 16.2. The fourth-order valence-corrected chi connectivity index (χ4v) is 2.08. The van der Waals surface area contributed by atoms with Crippen molar-refractivity contribution in [1.82, 2.24) is 9.88 Å². The van der Waals surface area contributed by atoms with Gasteiger partial charge in [0.1, 0.15) is 0 Å². The molecule has 0 atom stereocenters. The molecule has 1 aromatic rings. The number of carbonyl (C=O) groups is 1. The molecule has 1 aliphatic carbocycles. The summed E-state index contributed by atoms with van der Waals surface area (Å²) < 4.78 is 0. The summed E-state index contributed by atoms with van der Waals surface area (Å²) in [6.45, 7) is 0.675. The van der Waals surface area contributed by atoms with Crippen molar-refractivity contribution < 1.29 is 4.79 Å². The van der Waals surface area contributed by atoms with Crippen LogP contribution in [0.3, 0.4) is 0 Å². The summed E-state index contributed by atoms with van der Waals surface area (Å²) in [4.78, 5) is 18.0. The van der Waals surface area contributed by atoms with Gasteiger partial charge in [0, 0.05) is 31.9 Å². The normalized spacial score (nSPS) is 17.3. The largest absolute Gasteiger partial charge is 0.344 e. The molecule has 1 fully saturated rings. The van der Waals surface area contributed by atoms with Gasteiger partial charge in [0.15, 0.2) is 0 Å². The first kappa shape index (κ1) is 12.0. The molecule has 0 saturated heterocycles. The van der Waals surface area contributed by atoms with Gasteiger partial charge in [-0.05, 0) is 31.4 Å². The van der Waals surface area contributed by atoms with E-state index in [1.807, 2.05) is 25.2 Å². The molecule has 17 heavy (non-hydrogen) atoms. The zero-order valence-corrected chi connectivity index (χ0v) is 10.2. The highest BCUT2D eigenvalue weighted by molar-refractivity contribution is 5.86. The maximum atomic E-state index is 12.0. The Kier molecular flexibility index (Phi) is 3.43. The molecule has 1 heterocycles. The Morgan fingerprint density at radius 3 is 2.82 bits per heavy atom. The van der Waals surface area contributed by atoms with E-state index in [9.17, 15) is 4.79 Å². The number of hydrogen-bond acceptors (Lipinski definition) is 3. The van der Waals surface area contributed by atoms with Gasteiger partial charge in [-0.25, -0.2) is 0 Å². The highest BCUT2D eigenvalue weighted by Gasteiger charge is 2.41. The van der Waals surface area contributed by atoms with Gasteiger partial charge in [0.2, 0.25) is 5.91 Å². The Morgan fingerprint density at radius 1 is 1.53 bits per heavy atom. The van der Waals surface area contributed by atoms with Gasteiger partial charge < -0.3 is 10.6 Å². The van der Waals surface area contributed by atoms with Crippen LogP contribution in [0.25, 0.3) is 0 Å². The third-order valence-electron chi connectivity index (χ3n) is 3.45. The van der Waals surface area contributed by atoms with Crippen molar-refractivity contribution in [2.75, 3.05) is 13.6 Å². The zero-order chi connectivity index (χ0) is 12.3. The molecule has 0 aromatic carbocycles. The number of likely N-dealkylation sites (N-methyl/N-ethyl adjacent to an activating group) is 1. The van der Waals surface area contributed by atoms with E-state index < -0.39 is 5.54 Å². The number of nitrogens with two attached hydrogens (primary N) is 1. The minimum atomic E-state index is -0.584. The van der Waals surface area contributed by atoms with Crippen LogP contribution in [0.15, 0.2) is 24.4 Å². The van der Waals surface area contributed by atoms with Crippen molar-refractivity contribution in [3.05, 3.63) is 30.1 Å². The van der Waals surface area contributed by atoms with Gasteiger partial charge in [-0.1, -0.05) is 6.07 Å². The van der Waals surface area contributed by atoms with Gasteiger partial charge in [0.05, 0.1) is 5.54 Å². The molecular weight excluding hydrogens is 214 g/mol. The van der Waals surface area contributed by atoms with Crippen LogP contribution >= 0.6 is 0 Å². The third-order valence-corrected chi connectivity index (χ3v) is 3.45. The van der Waals surface area contributed by atoms with Crippen LogP contribution in [0, 0.1) is 0 Å². The van der Waals surface area contributed by atoms with E-state index in [0.717, 1.165) is 31.4 Å². The Balaban J connectivity index is 1.85. The van der Waals surface area contributed by atoms with Crippen molar-refractivity contribution in [2.45, 2.75) is 31.2 Å². The average Bonchev–Trinajstić information content (AvgIpc) is 2.33. The third kappa shape index (κ3) is 2.64. The number of hydrogen-bond donors (Lipinski definition) is 1. The molecule has 1 amide bonds. The molecule has 1 aliphatic rings. The van der Waals surface area contributed by atoms with Crippen LogP contribution in [-0.2, 0) is 11.2 Å². The molecule has 4 nitrogen and oxygen atoms in total. The molecule has 0 radical (unpaired) electrons. The van der Waals surface area contributed by atoms with Crippen LogP contribution in [0.1, 0.15) is 25.0 Å². The van der Waals surface area contributed by atoms with E-state index >= 15 is 0 Å². The molecule has 1 aromatic heterocycles. The van der Waals surface area contributed by atoms with Crippen LogP contribution in [0.5, 0.6) is 0 Å². The van der Waals surface area contributed by atoms with Gasteiger partial charge in [-0.3, -0.25) is 9.78 Å². The monoisotopic (exact) mass is 233 g/mol. The van der Waals surface area contributed by atoms with E-state index in [0.29, 0.717) is 6.54 Å². The van der Waals surface area contributed by atoms with Crippen LogP contribution in [0.2, 0.25) is 0 Å². The second kappa shape index (κ2) is 4.84. The molecule has 0 spiro atoms. The predicted molar refractivity (Wildman–Crippen MR) is 66.3 cm³/mol. The lowest BCUT2D eigenvalue weighted by molar-refractivity contribution is -0.138. The fourth-order valence-electron chi connectivity index (χ4n) is 2.08. The fraction of sp³-hybridized carbons (Fsp3) is 0.538. The summed E-state index contributed by atoms with van der Waals surface area (Å²) in [7, 11) is 1.82. The average molecular weight is 233 g/mol. The zero-order valence-electron chi connectivity index (χ0n) is 10.2. The Hall–Kier alpha value is -1.42. The summed E-state index contributed by atoms with van der Waals surface area (Å²) in [5, 5.41) is 0. The molecule has 92 valence electrons. The predicted octanol–water partition coefficient (Wildman–Crippen LogP) is 0.964. The first-order valence-corrected chi connectivity index (χ1v) is 6.06. The van der Waals surface area contributed by atoms with Crippen molar-refractivity contribution in [3.8, 4) is 0 Å². The molecule has 2 rings (SSSR count). The molecule has 0 aliphatic heterocycles. The number of nitrogens with zero attached hydrogens (tertiary/aromatic N) is 2. The van der Waals surface area contributed by atoms with Gasteiger partial charge >= 0.3 is 0 Å². The SMILES string of the molecule is CN(CCc1ccccn1)C(=O)C1(N)CCC1. The van der Waals surface area contributed by atoms with Crippen molar-refractivity contribution in [1.29, 1.82) is 0 Å². The van der Waals surface area contributed by atoms with E-state index in [1.165, 1.54) is 0 Å². The van der Waals surface area contributed by atoms with Gasteiger partial charge in [-0.15, -0.1) is 0 Å². The molecule has 2 N–H and O–H groups in total. The highest BCUT2D eigenvalue weighted by Crippen LogP contribution is 2.30.